The van der Waals surface area contributed by atoms with Gasteiger partial charge >= 0.3 is 5.97 Å². The second-order valence-electron chi connectivity index (χ2n) is 5.48. The number of nitrogens with zero attached hydrogens (tertiary/aromatic N) is 2. The van der Waals surface area contributed by atoms with Crippen LogP contribution in [0.25, 0.3) is 0 Å². The molecule has 1 aromatic rings. The fourth-order valence-corrected chi connectivity index (χ4v) is 2.92. The van der Waals surface area contributed by atoms with Gasteiger partial charge in [0.1, 0.15) is 11.1 Å². The van der Waals surface area contributed by atoms with Crippen LogP contribution in [0, 0.1) is 5.82 Å². The molecule has 26 heavy (non-hydrogen) atoms. The average Bonchev–Trinajstić information content (AvgIpc) is 2.93. The Morgan fingerprint density at radius 2 is 2.12 bits per heavy atom. The summed E-state index contributed by atoms with van der Waals surface area (Å²) in [5, 5.41) is 12.4. The fourth-order valence-electron chi connectivity index (χ4n) is 2.01. The second kappa shape index (κ2) is 8.56. The Morgan fingerprint density at radius 1 is 1.38 bits per heavy atom. The molecule has 1 unspecified atom stereocenters. The van der Waals surface area contributed by atoms with E-state index in [9.17, 15) is 18.8 Å². The second-order valence-corrected chi connectivity index (χ2v) is 6.67. The lowest BCUT2D eigenvalue weighted by Gasteiger charge is -2.11. The van der Waals surface area contributed by atoms with Crippen molar-refractivity contribution in [2.75, 3.05) is 12.4 Å². The lowest BCUT2D eigenvalue weighted by molar-refractivity contribution is -0.122. The van der Waals surface area contributed by atoms with Crippen LogP contribution in [0.5, 0.6) is 0 Å². The van der Waals surface area contributed by atoms with E-state index in [1.165, 1.54) is 6.07 Å². The van der Waals surface area contributed by atoms with E-state index in [1.54, 1.807) is 13.8 Å². The number of esters is 1. The third-order valence-corrected chi connectivity index (χ3v) is 4.22. The molecule has 0 saturated carbocycles. The number of amides is 2. The molecule has 8 nitrogen and oxygen atoms in total. The topological polar surface area (TPSA) is 109 Å². The van der Waals surface area contributed by atoms with Crippen LogP contribution in [-0.4, -0.2) is 41.0 Å². The van der Waals surface area contributed by atoms with Crippen LogP contribution in [0.2, 0.25) is 0 Å². The standard InChI is InChI=1S/C16H17FN4O4S/c1-8(2)20-21-16-19-14(23)12(26-16)7-13(22)18-11-5-4-9(17)6-10(11)15(24)25-3/h4-6,12H,7H2,1-3H3,(H,18,22)(H,19,21,23). The summed E-state index contributed by atoms with van der Waals surface area (Å²) < 4.78 is 17.9. The highest BCUT2D eigenvalue weighted by molar-refractivity contribution is 8.15. The number of hydrogen-bond donors (Lipinski definition) is 2. The molecule has 1 atom stereocenters. The van der Waals surface area contributed by atoms with Crippen LogP contribution in [0.3, 0.4) is 0 Å². The predicted octanol–water partition coefficient (Wildman–Crippen LogP) is 1.92. The number of amidine groups is 1. The molecule has 0 spiro atoms. The minimum absolute atomic E-state index is 0.103. The normalized spacial score (nSPS) is 17.6. The van der Waals surface area contributed by atoms with E-state index in [4.69, 9.17) is 0 Å². The maximum atomic E-state index is 13.3. The van der Waals surface area contributed by atoms with E-state index in [0.29, 0.717) is 5.17 Å². The number of ether oxygens (including phenoxy) is 1. The van der Waals surface area contributed by atoms with Gasteiger partial charge in [0.05, 0.1) is 18.4 Å². The largest absolute Gasteiger partial charge is 0.465 e. The molecular formula is C16H17FN4O4S. The summed E-state index contributed by atoms with van der Waals surface area (Å²) in [6.07, 6.45) is -0.150. The number of methoxy groups -OCH3 is 1. The number of nitrogens with one attached hydrogen (secondary N) is 2. The molecule has 10 heteroatoms. The first-order chi connectivity index (χ1) is 12.3. The van der Waals surface area contributed by atoms with Crippen molar-refractivity contribution >= 4 is 46.1 Å². The average molecular weight is 380 g/mol. The van der Waals surface area contributed by atoms with Gasteiger partial charge in [-0.15, -0.1) is 5.10 Å². The first-order valence-corrected chi connectivity index (χ1v) is 8.42. The van der Waals surface area contributed by atoms with Crippen molar-refractivity contribution in [2.45, 2.75) is 25.5 Å². The minimum atomic E-state index is -0.782. The first-order valence-electron chi connectivity index (χ1n) is 7.54. The number of thioether (sulfide) groups is 1. The predicted molar refractivity (Wildman–Crippen MR) is 96.7 cm³/mol. The molecule has 2 amide bonds. The Kier molecular flexibility index (Phi) is 6.45. The molecular weight excluding hydrogens is 363 g/mol. The molecule has 1 aliphatic heterocycles. The lowest BCUT2D eigenvalue weighted by Crippen LogP contribution is -2.28. The van der Waals surface area contributed by atoms with Crippen molar-refractivity contribution in [3.8, 4) is 0 Å². The zero-order chi connectivity index (χ0) is 19.3. The lowest BCUT2D eigenvalue weighted by atomic mass is 10.1. The van der Waals surface area contributed by atoms with Crippen molar-refractivity contribution in [3.63, 3.8) is 0 Å². The van der Waals surface area contributed by atoms with Gasteiger partial charge in [0, 0.05) is 12.1 Å². The third kappa shape index (κ3) is 5.12. The van der Waals surface area contributed by atoms with Crippen LogP contribution in [0.4, 0.5) is 10.1 Å². The summed E-state index contributed by atoms with van der Waals surface area (Å²) in [6.45, 7) is 3.52. The van der Waals surface area contributed by atoms with Gasteiger partial charge in [-0.2, -0.15) is 5.10 Å². The summed E-state index contributed by atoms with van der Waals surface area (Å²) >= 11 is 1.09. The van der Waals surface area contributed by atoms with E-state index in [1.807, 2.05) is 0 Å². The van der Waals surface area contributed by atoms with Crippen LogP contribution in [0.15, 0.2) is 28.4 Å². The van der Waals surface area contributed by atoms with Gasteiger partial charge in [0.15, 0.2) is 5.17 Å². The summed E-state index contributed by atoms with van der Waals surface area (Å²) in [7, 11) is 1.15. The van der Waals surface area contributed by atoms with Crippen molar-refractivity contribution in [3.05, 3.63) is 29.6 Å². The number of carbonyl (C=O) groups excluding carboxylic acids is 3. The number of rotatable bonds is 5. The zero-order valence-electron chi connectivity index (χ0n) is 14.3. The quantitative estimate of drug-likeness (QED) is 0.461. The minimum Gasteiger partial charge on any atom is -0.465 e. The Bertz CT molecular complexity index is 805. The van der Waals surface area contributed by atoms with Gasteiger partial charge in [-0.05, 0) is 32.0 Å². The van der Waals surface area contributed by atoms with Crippen LogP contribution >= 0.6 is 11.8 Å². The molecule has 1 aromatic carbocycles. The van der Waals surface area contributed by atoms with Crippen LogP contribution < -0.4 is 10.6 Å². The number of benzene rings is 1. The molecule has 1 fully saturated rings. The van der Waals surface area contributed by atoms with Crippen molar-refractivity contribution in [1.29, 1.82) is 0 Å². The Hall–Kier alpha value is -2.75. The molecule has 2 rings (SSSR count). The number of carbonyl (C=O) groups is 3. The maximum absolute atomic E-state index is 13.3. The van der Waals surface area contributed by atoms with Gasteiger partial charge < -0.3 is 15.4 Å². The molecule has 1 heterocycles. The highest BCUT2D eigenvalue weighted by atomic mass is 32.2. The number of anilines is 1. The van der Waals surface area contributed by atoms with E-state index >= 15 is 0 Å². The molecule has 0 aromatic heterocycles. The third-order valence-electron chi connectivity index (χ3n) is 3.15. The van der Waals surface area contributed by atoms with Gasteiger partial charge in [0.2, 0.25) is 11.8 Å². The molecule has 0 aliphatic carbocycles. The number of halogens is 1. The van der Waals surface area contributed by atoms with E-state index in [0.717, 1.165) is 36.7 Å². The maximum Gasteiger partial charge on any atom is 0.340 e. The Labute approximate surface area is 153 Å². The van der Waals surface area contributed by atoms with Gasteiger partial charge in [-0.25, -0.2) is 9.18 Å². The summed E-state index contributed by atoms with van der Waals surface area (Å²) in [5.41, 5.74) is 0.714. The number of hydrogen-bond acceptors (Lipinski definition) is 7. The highest BCUT2D eigenvalue weighted by Gasteiger charge is 2.32. The molecule has 1 aliphatic rings. The van der Waals surface area contributed by atoms with Gasteiger partial charge in [0.25, 0.3) is 0 Å². The summed E-state index contributed by atoms with van der Waals surface area (Å²) in [6, 6.07) is 3.33. The van der Waals surface area contributed by atoms with Crippen LogP contribution in [-0.2, 0) is 14.3 Å². The Morgan fingerprint density at radius 3 is 2.77 bits per heavy atom. The van der Waals surface area contributed by atoms with Gasteiger partial charge in [-0.1, -0.05) is 11.8 Å². The molecule has 0 bridgehead atoms. The van der Waals surface area contributed by atoms with Crippen LogP contribution in [0.1, 0.15) is 30.6 Å². The van der Waals surface area contributed by atoms with Crippen molar-refractivity contribution < 1.29 is 23.5 Å². The van der Waals surface area contributed by atoms with E-state index in [2.05, 4.69) is 25.6 Å². The van der Waals surface area contributed by atoms with Gasteiger partial charge in [-0.3, -0.25) is 9.59 Å². The summed E-state index contributed by atoms with van der Waals surface area (Å²) in [4.78, 5) is 35.8. The van der Waals surface area contributed by atoms with E-state index in [-0.39, 0.29) is 23.6 Å². The Balaban J connectivity index is 2.06. The first kappa shape index (κ1) is 19.6. The monoisotopic (exact) mass is 380 g/mol. The molecule has 0 radical (unpaired) electrons. The molecule has 2 N–H and O–H groups in total. The van der Waals surface area contributed by atoms with Crippen molar-refractivity contribution in [1.82, 2.24) is 5.32 Å². The smallest absolute Gasteiger partial charge is 0.340 e. The SMILES string of the molecule is COC(=O)c1cc(F)ccc1NC(=O)CC1S/C(=N/N=C(C)C)NC1=O. The summed E-state index contributed by atoms with van der Waals surface area (Å²) in [5.74, 6) is -2.29. The fraction of sp³-hybridized carbons (Fsp3) is 0.312. The zero-order valence-corrected chi connectivity index (χ0v) is 15.1. The highest BCUT2D eigenvalue weighted by Crippen LogP contribution is 2.24. The molecule has 1 saturated heterocycles. The van der Waals surface area contributed by atoms with E-state index < -0.39 is 22.9 Å². The van der Waals surface area contributed by atoms with Crippen molar-refractivity contribution in [2.24, 2.45) is 10.2 Å². The molecule has 138 valence electrons.